The normalized spacial score (nSPS) is 9.71. The zero-order valence-corrected chi connectivity index (χ0v) is 7.43. The molecule has 1 rings (SSSR count). The lowest BCUT2D eigenvalue weighted by Gasteiger charge is -2.04. The van der Waals surface area contributed by atoms with Gasteiger partial charge in [0.15, 0.2) is 0 Å². The summed E-state index contributed by atoms with van der Waals surface area (Å²) in [6.07, 6.45) is 0.672. The molecule has 0 unspecified atom stereocenters. The number of aldehydes is 1. The topological polar surface area (TPSA) is 74.6 Å². The van der Waals surface area contributed by atoms with Crippen LogP contribution in [0.2, 0.25) is 0 Å². The number of carboxylic acid groups (broad SMARTS) is 1. The highest BCUT2D eigenvalue weighted by Gasteiger charge is 2.08. The van der Waals surface area contributed by atoms with Crippen LogP contribution >= 0.6 is 0 Å². The highest BCUT2D eigenvalue weighted by molar-refractivity contribution is 5.79. The van der Waals surface area contributed by atoms with Crippen molar-refractivity contribution in [2.24, 2.45) is 0 Å². The molecule has 0 amide bonds. The summed E-state index contributed by atoms with van der Waals surface area (Å²) >= 11 is 0. The Labute approximate surface area is 80.8 Å². The highest BCUT2D eigenvalue weighted by Crippen LogP contribution is 2.21. The Morgan fingerprint density at radius 3 is 2.71 bits per heavy atom. The molecule has 0 bridgehead atoms. The Bertz CT molecular complexity index is 357. The number of carbonyl (C=O) groups is 2. The fourth-order valence-electron chi connectivity index (χ4n) is 1.21. The minimum Gasteiger partial charge on any atom is -0.508 e. The SMILES string of the molecule is O=Cc1cccc(O)c1CCC(=O)O. The van der Waals surface area contributed by atoms with Crippen LogP contribution in [0.25, 0.3) is 0 Å². The summed E-state index contributed by atoms with van der Waals surface area (Å²) in [7, 11) is 0. The van der Waals surface area contributed by atoms with Gasteiger partial charge in [-0.3, -0.25) is 9.59 Å². The second-order valence-corrected chi connectivity index (χ2v) is 2.86. The second kappa shape index (κ2) is 4.41. The van der Waals surface area contributed by atoms with E-state index < -0.39 is 5.97 Å². The number of benzene rings is 1. The zero-order valence-electron chi connectivity index (χ0n) is 7.43. The predicted molar refractivity (Wildman–Crippen MR) is 49.5 cm³/mol. The highest BCUT2D eigenvalue weighted by atomic mass is 16.4. The number of carbonyl (C=O) groups excluding carboxylic acids is 1. The molecule has 0 saturated heterocycles. The van der Waals surface area contributed by atoms with E-state index in [-0.39, 0.29) is 18.6 Å². The van der Waals surface area contributed by atoms with Crippen LogP contribution in [0.5, 0.6) is 5.75 Å². The Morgan fingerprint density at radius 2 is 2.14 bits per heavy atom. The van der Waals surface area contributed by atoms with E-state index in [1.165, 1.54) is 6.07 Å². The third-order valence-electron chi connectivity index (χ3n) is 1.90. The molecule has 0 radical (unpaired) electrons. The number of hydrogen-bond acceptors (Lipinski definition) is 3. The zero-order chi connectivity index (χ0) is 10.6. The van der Waals surface area contributed by atoms with E-state index in [0.717, 1.165) is 0 Å². The molecule has 0 saturated carbocycles. The molecule has 0 heterocycles. The molecule has 0 aromatic heterocycles. The lowest BCUT2D eigenvalue weighted by Crippen LogP contribution is -2.00. The average molecular weight is 194 g/mol. The summed E-state index contributed by atoms with van der Waals surface area (Å²) in [5.74, 6) is -0.985. The van der Waals surface area contributed by atoms with Gasteiger partial charge in [-0.25, -0.2) is 0 Å². The van der Waals surface area contributed by atoms with Gasteiger partial charge >= 0.3 is 5.97 Å². The van der Waals surface area contributed by atoms with Gasteiger partial charge in [-0.05, 0) is 12.5 Å². The number of carboxylic acids is 1. The number of aliphatic carboxylic acids is 1. The molecular weight excluding hydrogens is 184 g/mol. The van der Waals surface area contributed by atoms with Crippen molar-refractivity contribution < 1.29 is 19.8 Å². The summed E-state index contributed by atoms with van der Waals surface area (Å²) in [5, 5.41) is 17.8. The largest absolute Gasteiger partial charge is 0.508 e. The van der Waals surface area contributed by atoms with E-state index in [1.54, 1.807) is 12.1 Å². The smallest absolute Gasteiger partial charge is 0.303 e. The molecule has 0 aliphatic carbocycles. The molecule has 0 spiro atoms. The Hall–Kier alpha value is -1.84. The lowest BCUT2D eigenvalue weighted by atomic mass is 10.0. The lowest BCUT2D eigenvalue weighted by molar-refractivity contribution is -0.136. The van der Waals surface area contributed by atoms with Crippen molar-refractivity contribution in [3.8, 4) is 5.75 Å². The molecule has 0 aliphatic heterocycles. The molecule has 0 fully saturated rings. The van der Waals surface area contributed by atoms with Crippen LogP contribution in [0.4, 0.5) is 0 Å². The Balaban J connectivity index is 2.93. The van der Waals surface area contributed by atoms with Crippen molar-refractivity contribution in [3.63, 3.8) is 0 Å². The molecule has 14 heavy (non-hydrogen) atoms. The van der Waals surface area contributed by atoms with Crippen molar-refractivity contribution in [2.75, 3.05) is 0 Å². The van der Waals surface area contributed by atoms with Crippen LogP contribution in [0.15, 0.2) is 18.2 Å². The molecular formula is C10H10O4. The maximum Gasteiger partial charge on any atom is 0.303 e. The van der Waals surface area contributed by atoms with Crippen LogP contribution in [-0.4, -0.2) is 22.5 Å². The van der Waals surface area contributed by atoms with Gasteiger partial charge in [-0.1, -0.05) is 12.1 Å². The third kappa shape index (κ3) is 2.32. The molecule has 0 aliphatic rings. The maximum atomic E-state index is 10.6. The van der Waals surface area contributed by atoms with Gasteiger partial charge in [-0.2, -0.15) is 0 Å². The third-order valence-corrected chi connectivity index (χ3v) is 1.90. The first-order chi connectivity index (χ1) is 6.65. The second-order valence-electron chi connectivity index (χ2n) is 2.86. The van der Waals surface area contributed by atoms with Gasteiger partial charge in [0.05, 0.1) is 0 Å². The summed E-state index contributed by atoms with van der Waals surface area (Å²) in [5.41, 5.74) is 0.733. The van der Waals surface area contributed by atoms with E-state index in [9.17, 15) is 14.7 Å². The number of aromatic hydroxyl groups is 1. The molecule has 0 atom stereocenters. The van der Waals surface area contributed by atoms with Crippen LogP contribution in [-0.2, 0) is 11.2 Å². The minimum absolute atomic E-state index is 0.0316. The first kappa shape index (κ1) is 10.2. The first-order valence-corrected chi connectivity index (χ1v) is 4.13. The van der Waals surface area contributed by atoms with E-state index in [4.69, 9.17) is 5.11 Å². The fraction of sp³-hybridized carbons (Fsp3) is 0.200. The van der Waals surface area contributed by atoms with E-state index in [0.29, 0.717) is 17.4 Å². The summed E-state index contributed by atoms with van der Waals surface area (Å²) in [6, 6.07) is 4.53. The number of phenolic OH excluding ortho intramolecular Hbond substituents is 1. The van der Waals surface area contributed by atoms with Crippen molar-refractivity contribution in [1.29, 1.82) is 0 Å². The Kier molecular flexibility index (Phi) is 3.23. The number of phenols is 1. The van der Waals surface area contributed by atoms with Crippen molar-refractivity contribution >= 4 is 12.3 Å². The summed E-state index contributed by atoms with van der Waals surface area (Å²) in [6.45, 7) is 0. The van der Waals surface area contributed by atoms with Gasteiger partial charge in [0.1, 0.15) is 12.0 Å². The van der Waals surface area contributed by atoms with Gasteiger partial charge in [-0.15, -0.1) is 0 Å². The van der Waals surface area contributed by atoms with Crippen LogP contribution in [0.3, 0.4) is 0 Å². The van der Waals surface area contributed by atoms with E-state index >= 15 is 0 Å². The van der Waals surface area contributed by atoms with Crippen LogP contribution in [0, 0.1) is 0 Å². The molecule has 4 nitrogen and oxygen atoms in total. The van der Waals surface area contributed by atoms with Gasteiger partial charge in [0.2, 0.25) is 0 Å². The summed E-state index contributed by atoms with van der Waals surface area (Å²) < 4.78 is 0. The molecule has 2 N–H and O–H groups in total. The molecule has 74 valence electrons. The van der Waals surface area contributed by atoms with E-state index in [1.807, 2.05) is 0 Å². The van der Waals surface area contributed by atoms with Gasteiger partial charge in [0.25, 0.3) is 0 Å². The fourth-order valence-corrected chi connectivity index (χ4v) is 1.21. The Morgan fingerprint density at radius 1 is 1.43 bits per heavy atom. The van der Waals surface area contributed by atoms with Crippen molar-refractivity contribution in [1.82, 2.24) is 0 Å². The first-order valence-electron chi connectivity index (χ1n) is 4.13. The van der Waals surface area contributed by atoms with Gasteiger partial charge in [0, 0.05) is 17.5 Å². The van der Waals surface area contributed by atoms with Crippen LogP contribution in [0.1, 0.15) is 22.3 Å². The number of hydrogen-bond donors (Lipinski definition) is 2. The number of rotatable bonds is 4. The minimum atomic E-state index is -0.954. The van der Waals surface area contributed by atoms with Crippen LogP contribution < -0.4 is 0 Å². The maximum absolute atomic E-state index is 10.6. The van der Waals surface area contributed by atoms with E-state index in [2.05, 4.69) is 0 Å². The van der Waals surface area contributed by atoms with Crippen molar-refractivity contribution in [2.45, 2.75) is 12.8 Å². The van der Waals surface area contributed by atoms with Crippen molar-refractivity contribution in [3.05, 3.63) is 29.3 Å². The summed E-state index contributed by atoms with van der Waals surface area (Å²) in [4.78, 5) is 20.9. The molecule has 1 aromatic carbocycles. The average Bonchev–Trinajstić information content (AvgIpc) is 2.15. The molecule has 4 heteroatoms. The monoisotopic (exact) mass is 194 g/mol. The van der Waals surface area contributed by atoms with Gasteiger partial charge < -0.3 is 10.2 Å². The molecule has 1 aromatic rings. The standard InChI is InChI=1S/C10H10O4/c11-6-7-2-1-3-9(12)8(7)4-5-10(13)14/h1-3,6,12H,4-5H2,(H,13,14). The predicted octanol–water partition coefficient (Wildman–Crippen LogP) is 1.22. The quantitative estimate of drug-likeness (QED) is 0.707.